The summed E-state index contributed by atoms with van der Waals surface area (Å²) in [5, 5.41) is 9.76. The number of halogens is 2. The molecule has 1 aromatic carbocycles. The fourth-order valence-corrected chi connectivity index (χ4v) is 3.72. The van der Waals surface area contributed by atoms with Gasteiger partial charge in [0.1, 0.15) is 5.75 Å². The number of hydrogen-bond acceptors (Lipinski definition) is 2. The lowest BCUT2D eigenvalue weighted by Crippen LogP contribution is -2.08. The Kier molecular flexibility index (Phi) is 4.97. The van der Waals surface area contributed by atoms with Crippen molar-refractivity contribution >= 4 is 38.8 Å². The Labute approximate surface area is 154 Å². The molecule has 0 aliphatic carbocycles. The second kappa shape index (κ2) is 6.99. The standard InChI is InChI=1S/C19H17BrClNO2/c1-2-3-6-13-17(20)15-7-4-5-10-22(15)18(13)19(24)12-8-9-16(23)14(21)11-12/h4-5,7-11,23H,2-3,6H2,1H3. The summed E-state index contributed by atoms with van der Waals surface area (Å²) < 4.78 is 2.88. The molecule has 0 amide bonds. The fraction of sp³-hybridized carbons (Fsp3) is 0.211. The van der Waals surface area contributed by atoms with Crippen molar-refractivity contribution in [2.24, 2.45) is 0 Å². The molecule has 1 N–H and O–H groups in total. The van der Waals surface area contributed by atoms with Crippen molar-refractivity contribution in [3.8, 4) is 5.75 Å². The molecule has 5 heteroatoms. The molecule has 0 bridgehead atoms. The third-order valence-corrected chi connectivity index (χ3v) is 5.27. The summed E-state index contributed by atoms with van der Waals surface area (Å²) in [5.41, 5.74) is 3.09. The summed E-state index contributed by atoms with van der Waals surface area (Å²) in [5.74, 6) is -0.129. The summed E-state index contributed by atoms with van der Waals surface area (Å²) in [7, 11) is 0. The third kappa shape index (κ3) is 2.96. The molecule has 0 atom stereocenters. The zero-order valence-electron chi connectivity index (χ0n) is 13.2. The van der Waals surface area contributed by atoms with Gasteiger partial charge in [0.15, 0.2) is 0 Å². The first kappa shape index (κ1) is 17.1. The van der Waals surface area contributed by atoms with Gasteiger partial charge < -0.3 is 9.51 Å². The highest BCUT2D eigenvalue weighted by atomic mass is 79.9. The van der Waals surface area contributed by atoms with Crippen molar-refractivity contribution in [2.75, 3.05) is 0 Å². The van der Waals surface area contributed by atoms with E-state index in [1.165, 1.54) is 12.1 Å². The van der Waals surface area contributed by atoms with Crippen LogP contribution in [0.5, 0.6) is 5.75 Å². The van der Waals surface area contributed by atoms with Gasteiger partial charge in [-0.3, -0.25) is 4.79 Å². The second-order valence-corrected chi connectivity index (χ2v) is 6.90. The maximum atomic E-state index is 13.1. The van der Waals surface area contributed by atoms with Crippen molar-refractivity contribution in [2.45, 2.75) is 26.2 Å². The Morgan fingerprint density at radius 2 is 2.08 bits per heavy atom. The topological polar surface area (TPSA) is 41.7 Å². The van der Waals surface area contributed by atoms with Gasteiger partial charge in [-0.1, -0.05) is 31.0 Å². The van der Waals surface area contributed by atoms with Crippen molar-refractivity contribution < 1.29 is 9.90 Å². The summed E-state index contributed by atoms with van der Waals surface area (Å²) in [6.07, 6.45) is 4.78. The van der Waals surface area contributed by atoms with Crippen molar-refractivity contribution in [1.82, 2.24) is 4.40 Å². The number of benzene rings is 1. The van der Waals surface area contributed by atoms with Gasteiger partial charge in [0.25, 0.3) is 0 Å². The van der Waals surface area contributed by atoms with Crippen LogP contribution >= 0.6 is 27.5 Å². The Hall–Kier alpha value is -1.78. The number of phenolic OH excluding ortho intramolecular Hbond substituents is 1. The maximum absolute atomic E-state index is 13.1. The lowest BCUT2D eigenvalue weighted by molar-refractivity contribution is 0.103. The number of ketones is 1. The van der Waals surface area contributed by atoms with Crippen LogP contribution in [0.25, 0.3) is 5.52 Å². The van der Waals surface area contributed by atoms with Crippen molar-refractivity contribution in [1.29, 1.82) is 0 Å². The maximum Gasteiger partial charge on any atom is 0.210 e. The molecular weight excluding hydrogens is 390 g/mol. The normalized spacial score (nSPS) is 11.1. The summed E-state index contributed by atoms with van der Waals surface area (Å²) in [4.78, 5) is 13.1. The molecule has 0 saturated carbocycles. The zero-order chi connectivity index (χ0) is 17.3. The highest BCUT2D eigenvalue weighted by Gasteiger charge is 2.23. The minimum atomic E-state index is -0.102. The average Bonchev–Trinajstić information content (AvgIpc) is 2.87. The van der Waals surface area contributed by atoms with E-state index in [1.54, 1.807) is 6.07 Å². The number of carbonyl (C=O) groups is 1. The van der Waals surface area contributed by atoms with Crippen LogP contribution in [0.1, 0.15) is 41.4 Å². The van der Waals surface area contributed by atoms with E-state index in [2.05, 4.69) is 22.9 Å². The number of unbranched alkanes of at least 4 members (excludes halogenated alkanes) is 1. The molecule has 3 aromatic rings. The Bertz CT molecular complexity index is 917. The van der Waals surface area contributed by atoms with Gasteiger partial charge in [-0.15, -0.1) is 0 Å². The summed E-state index contributed by atoms with van der Waals surface area (Å²) in [6, 6.07) is 10.4. The van der Waals surface area contributed by atoms with Crippen LogP contribution in [0, 0.1) is 0 Å². The third-order valence-electron chi connectivity index (χ3n) is 4.08. The van der Waals surface area contributed by atoms with E-state index < -0.39 is 0 Å². The first-order valence-corrected chi connectivity index (χ1v) is 9.02. The van der Waals surface area contributed by atoms with Crippen LogP contribution in [0.4, 0.5) is 0 Å². The van der Waals surface area contributed by atoms with Gasteiger partial charge in [-0.2, -0.15) is 0 Å². The monoisotopic (exact) mass is 405 g/mol. The van der Waals surface area contributed by atoms with E-state index in [9.17, 15) is 9.90 Å². The molecule has 3 nitrogen and oxygen atoms in total. The molecule has 0 aliphatic rings. The van der Waals surface area contributed by atoms with E-state index in [1.807, 2.05) is 28.8 Å². The predicted octanol–water partition coefficient (Wildman–Crippen LogP) is 5.63. The Morgan fingerprint density at radius 1 is 1.29 bits per heavy atom. The van der Waals surface area contributed by atoms with Crippen molar-refractivity contribution in [3.63, 3.8) is 0 Å². The summed E-state index contributed by atoms with van der Waals surface area (Å²) >= 11 is 9.63. The number of phenols is 1. The van der Waals surface area contributed by atoms with Gasteiger partial charge >= 0.3 is 0 Å². The van der Waals surface area contributed by atoms with Crippen LogP contribution in [-0.2, 0) is 6.42 Å². The minimum Gasteiger partial charge on any atom is -0.506 e. The fourth-order valence-electron chi connectivity index (χ4n) is 2.83. The molecular formula is C19H17BrClNO2. The highest BCUT2D eigenvalue weighted by Crippen LogP contribution is 2.33. The molecule has 24 heavy (non-hydrogen) atoms. The lowest BCUT2D eigenvalue weighted by atomic mass is 10.0. The van der Waals surface area contributed by atoms with E-state index in [0.717, 1.165) is 34.8 Å². The van der Waals surface area contributed by atoms with Gasteiger partial charge in [0, 0.05) is 16.2 Å². The molecule has 0 saturated heterocycles. The quantitative estimate of drug-likeness (QED) is 0.558. The largest absolute Gasteiger partial charge is 0.506 e. The molecule has 3 rings (SSSR count). The van der Waals surface area contributed by atoms with Crippen molar-refractivity contribution in [3.05, 3.63) is 68.9 Å². The SMILES string of the molecule is CCCCc1c(Br)c2ccccn2c1C(=O)c1ccc(O)c(Cl)c1. The lowest BCUT2D eigenvalue weighted by Gasteiger charge is -2.07. The van der Waals surface area contributed by atoms with Crippen LogP contribution in [0.3, 0.4) is 0 Å². The van der Waals surface area contributed by atoms with Gasteiger partial charge in [-0.05, 0) is 64.7 Å². The van der Waals surface area contributed by atoms with Crippen LogP contribution < -0.4 is 0 Å². The van der Waals surface area contributed by atoms with E-state index in [4.69, 9.17) is 11.6 Å². The highest BCUT2D eigenvalue weighted by molar-refractivity contribution is 9.10. The van der Waals surface area contributed by atoms with Crippen LogP contribution in [0.2, 0.25) is 5.02 Å². The minimum absolute atomic E-state index is 0.0272. The first-order valence-electron chi connectivity index (χ1n) is 7.85. The molecule has 2 heterocycles. The number of nitrogens with zero attached hydrogens (tertiary/aromatic N) is 1. The number of carbonyl (C=O) groups excluding carboxylic acids is 1. The molecule has 0 fully saturated rings. The average molecular weight is 407 g/mol. The van der Waals surface area contributed by atoms with Crippen LogP contribution in [-0.4, -0.2) is 15.3 Å². The van der Waals surface area contributed by atoms with Gasteiger partial charge in [0.05, 0.1) is 16.2 Å². The first-order chi connectivity index (χ1) is 11.5. The Morgan fingerprint density at radius 3 is 2.79 bits per heavy atom. The van der Waals surface area contributed by atoms with Crippen LogP contribution in [0.15, 0.2) is 47.1 Å². The van der Waals surface area contributed by atoms with Gasteiger partial charge in [-0.25, -0.2) is 0 Å². The van der Waals surface area contributed by atoms with Gasteiger partial charge in [0.2, 0.25) is 5.78 Å². The molecule has 124 valence electrons. The molecule has 0 radical (unpaired) electrons. The predicted molar refractivity (Wildman–Crippen MR) is 100 cm³/mol. The number of pyridine rings is 1. The number of aromatic nitrogens is 1. The Balaban J connectivity index is 2.19. The molecule has 0 unspecified atom stereocenters. The van der Waals surface area contributed by atoms with E-state index >= 15 is 0 Å². The number of aromatic hydroxyl groups is 1. The number of hydrogen-bond donors (Lipinski definition) is 1. The van der Waals surface area contributed by atoms with E-state index in [0.29, 0.717) is 11.3 Å². The number of fused-ring (bicyclic) bond motifs is 1. The summed E-state index contributed by atoms with van der Waals surface area (Å²) in [6.45, 7) is 2.13. The van der Waals surface area contributed by atoms with E-state index in [-0.39, 0.29) is 16.6 Å². The zero-order valence-corrected chi connectivity index (χ0v) is 15.6. The number of rotatable bonds is 5. The second-order valence-electron chi connectivity index (χ2n) is 5.70. The molecule has 0 spiro atoms. The molecule has 2 aromatic heterocycles. The molecule has 0 aliphatic heterocycles. The smallest absolute Gasteiger partial charge is 0.210 e.